The van der Waals surface area contributed by atoms with Crippen LogP contribution in [0.4, 0.5) is 0 Å². The Labute approximate surface area is 126 Å². The SMILES string of the molecule is C#CCN(Cc1ccccc1)Cc1cn(CC=C)nc1C. The fraction of sp³-hybridized carbons (Fsp3) is 0.278. The van der Waals surface area contributed by atoms with Crippen LogP contribution in [0.25, 0.3) is 0 Å². The molecule has 21 heavy (non-hydrogen) atoms. The molecule has 0 aliphatic rings. The maximum atomic E-state index is 5.50. The summed E-state index contributed by atoms with van der Waals surface area (Å²) < 4.78 is 1.91. The molecule has 1 aromatic carbocycles. The van der Waals surface area contributed by atoms with Gasteiger partial charge in [0, 0.05) is 24.8 Å². The summed E-state index contributed by atoms with van der Waals surface area (Å²) in [5, 5.41) is 4.49. The first-order chi connectivity index (χ1) is 10.2. The number of hydrogen-bond donors (Lipinski definition) is 0. The zero-order chi connectivity index (χ0) is 15.1. The Morgan fingerprint density at radius 1 is 1.33 bits per heavy atom. The highest BCUT2D eigenvalue weighted by Gasteiger charge is 2.10. The standard InChI is InChI=1S/C18H21N3/c1-4-11-20(13-17-9-7-6-8-10-17)14-18-15-21(12-5-2)19-16(18)3/h1,5-10,15H,2,11-14H2,3H3. The van der Waals surface area contributed by atoms with Crippen molar-refractivity contribution in [2.75, 3.05) is 6.54 Å². The van der Waals surface area contributed by atoms with Crippen LogP contribution in [0.1, 0.15) is 16.8 Å². The predicted molar refractivity (Wildman–Crippen MR) is 86.6 cm³/mol. The third-order valence-electron chi connectivity index (χ3n) is 3.32. The lowest BCUT2D eigenvalue weighted by Gasteiger charge is -2.19. The summed E-state index contributed by atoms with van der Waals surface area (Å²) in [6.45, 7) is 8.79. The molecule has 3 heteroatoms. The molecule has 0 saturated carbocycles. The molecule has 0 radical (unpaired) electrons. The average molecular weight is 279 g/mol. The molecule has 0 bridgehead atoms. The van der Waals surface area contributed by atoms with Gasteiger partial charge in [-0.2, -0.15) is 5.10 Å². The predicted octanol–water partition coefficient (Wildman–Crippen LogP) is 3.01. The van der Waals surface area contributed by atoms with Crippen LogP contribution in [0, 0.1) is 19.3 Å². The molecule has 0 spiro atoms. The summed E-state index contributed by atoms with van der Waals surface area (Å²) in [5.41, 5.74) is 3.53. The Balaban J connectivity index is 2.09. The van der Waals surface area contributed by atoms with Crippen LogP contribution in [0.2, 0.25) is 0 Å². The minimum absolute atomic E-state index is 0.626. The van der Waals surface area contributed by atoms with Crippen molar-refractivity contribution in [1.82, 2.24) is 14.7 Å². The highest BCUT2D eigenvalue weighted by Crippen LogP contribution is 2.12. The van der Waals surface area contributed by atoms with Gasteiger partial charge in [-0.15, -0.1) is 13.0 Å². The Hall–Kier alpha value is -2.31. The van der Waals surface area contributed by atoms with Crippen LogP contribution in [0.5, 0.6) is 0 Å². The van der Waals surface area contributed by atoms with Crippen molar-refractivity contribution in [3.8, 4) is 12.3 Å². The highest BCUT2D eigenvalue weighted by atomic mass is 15.3. The van der Waals surface area contributed by atoms with Crippen molar-refractivity contribution < 1.29 is 0 Å². The number of rotatable bonds is 7. The van der Waals surface area contributed by atoms with E-state index >= 15 is 0 Å². The minimum Gasteiger partial charge on any atom is -0.284 e. The summed E-state index contributed by atoms with van der Waals surface area (Å²) in [5.74, 6) is 2.74. The lowest BCUT2D eigenvalue weighted by atomic mass is 10.2. The number of benzene rings is 1. The van der Waals surface area contributed by atoms with E-state index in [9.17, 15) is 0 Å². The number of aryl methyl sites for hydroxylation is 1. The van der Waals surface area contributed by atoms with Gasteiger partial charge in [0.05, 0.1) is 18.8 Å². The first kappa shape index (κ1) is 15.1. The Morgan fingerprint density at radius 2 is 2.10 bits per heavy atom. The van der Waals surface area contributed by atoms with E-state index in [4.69, 9.17) is 6.42 Å². The lowest BCUT2D eigenvalue weighted by molar-refractivity contribution is 0.290. The van der Waals surface area contributed by atoms with Gasteiger partial charge < -0.3 is 0 Å². The van der Waals surface area contributed by atoms with Crippen LogP contribution in [-0.2, 0) is 19.6 Å². The molecule has 3 nitrogen and oxygen atoms in total. The molecule has 1 aromatic heterocycles. The number of nitrogens with zero attached hydrogens (tertiary/aromatic N) is 3. The third kappa shape index (κ3) is 4.34. The van der Waals surface area contributed by atoms with E-state index in [1.165, 1.54) is 11.1 Å². The van der Waals surface area contributed by atoms with Crippen molar-refractivity contribution in [1.29, 1.82) is 0 Å². The largest absolute Gasteiger partial charge is 0.284 e. The Morgan fingerprint density at radius 3 is 2.76 bits per heavy atom. The monoisotopic (exact) mass is 279 g/mol. The summed E-state index contributed by atoms with van der Waals surface area (Å²) in [4.78, 5) is 2.25. The number of terminal acetylenes is 1. The average Bonchev–Trinajstić information content (AvgIpc) is 2.81. The molecule has 0 aliphatic heterocycles. The van der Waals surface area contributed by atoms with Crippen molar-refractivity contribution in [3.63, 3.8) is 0 Å². The second-order valence-electron chi connectivity index (χ2n) is 5.09. The topological polar surface area (TPSA) is 21.1 Å². The van der Waals surface area contributed by atoms with Crippen LogP contribution >= 0.6 is 0 Å². The molecule has 108 valence electrons. The molecule has 0 fully saturated rings. The first-order valence-corrected chi connectivity index (χ1v) is 7.06. The van der Waals surface area contributed by atoms with Crippen LogP contribution < -0.4 is 0 Å². The van der Waals surface area contributed by atoms with Crippen LogP contribution in [0.3, 0.4) is 0 Å². The second kappa shape index (κ2) is 7.47. The van der Waals surface area contributed by atoms with Crippen molar-refractivity contribution in [3.05, 3.63) is 66.0 Å². The lowest BCUT2D eigenvalue weighted by Crippen LogP contribution is -2.23. The minimum atomic E-state index is 0.626. The summed E-state index contributed by atoms with van der Waals surface area (Å²) in [7, 11) is 0. The maximum Gasteiger partial charge on any atom is 0.0638 e. The second-order valence-corrected chi connectivity index (χ2v) is 5.09. The van der Waals surface area contributed by atoms with Crippen LogP contribution in [-0.4, -0.2) is 21.2 Å². The van der Waals surface area contributed by atoms with Gasteiger partial charge in [0.15, 0.2) is 0 Å². The third-order valence-corrected chi connectivity index (χ3v) is 3.32. The van der Waals surface area contributed by atoms with Gasteiger partial charge in [-0.05, 0) is 12.5 Å². The molecule has 1 heterocycles. The number of allylic oxidation sites excluding steroid dienone is 1. The molecule has 2 rings (SSSR count). The van der Waals surface area contributed by atoms with E-state index in [0.29, 0.717) is 6.54 Å². The molecular formula is C18H21N3. The van der Waals surface area contributed by atoms with Gasteiger partial charge in [-0.3, -0.25) is 9.58 Å². The number of aromatic nitrogens is 2. The van der Waals surface area contributed by atoms with E-state index in [2.05, 4.69) is 53.0 Å². The van der Waals surface area contributed by atoms with E-state index in [1.54, 1.807) is 0 Å². The Kier molecular flexibility index (Phi) is 5.36. The maximum absolute atomic E-state index is 5.50. The van der Waals surface area contributed by atoms with Gasteiger partial charge in [0.25, 0.3) is 0 Å². The number of hydrogen-bond acceptors (Lipinski definition) is 2. The first-order valence-electron chi connectivity index (χ1n) is 7.06. The van der Waals surface area contributed by atoms with Gasteiger partial charge in [-0.25, -0.2) is 0 Å². The van der Waals surface area contributed by atoms with Gasteiger partial charge in [0.1, 0.15) is 0 Å². The van der Waals surface area contributed by atoms with Crippen molar-refractivity contribution in [2.45, 2.75) is 26.6 Å². The van der Waals surface area contributed by atoms with E-state index in [1.807, 2.05) is 23.7 Å². The van der Waals surface area contributed by atoms with E-state index < -0.39 is 0 Å². The Bertz CT molecular complexity index is 620. The van der Waals surface area contributed by atoms with E-state index in [-0.39, 0.29) is 0 Å². The molecule has 0 saturated heterocycles. The normalized spacial score (nSPS) is 10.5. The molecule has 2 aromatic rings. The van der Waals surface area contributed by atoms with Crippen molar-refractivity contribution in [2.24, 2.45) is 0 Å². The van der Waals surface area contributed by atoms with Crippen LogP contribution in [0.15, 0.2) is 49.2 Å². The van der Waals surface area contributed by atoms with E-state index in [0.717, 1.165) is 25.3 Å². The summed E-state index contributed by atoms with van der Waals surface area (Å²) in [6, 6.07) is 10.4. The smallest absolute Gasteiger partial charge is 0.0638 e. The zero-order valence-corrected chi connectivity index (χ0v) is 12.5. The quantitative estimate of drug-likeness (QED) is 0.574. The molecule has 0 amide bonds. The molecule has 0 atom stereocenters. The molecular weight excluding hydrogens is 258 g/mol. The fourth-order valence-electron chi connectivity index (χ4n) is 2.32. The molecule has 0 aliphatic carbocycles. The molecule has 0 unspecified atom stereocenters. The van der Waals surface area contributed by atoms with Gasteiger partial charge in [-0.1, -0.05) is 42.3 Å². The summed E-state index contributed by atoms with van der Waals surface area (Å²) in [6.07, 6.45) is 9.42. The fourth-order valence-corrected chi connectivity index (χ4v) is 2.32. The molecule has 0 N–H and O–H groups in total. The highest BCUT2D eigenvalue weighted by molar-refractivity contribution is 5.18. The summed E-state index contributed by atoms with van der Waals surface area (Å²) >= 11 is 0. The van der Waals surface area contributed by atoms with Crippen molar-refractivity contribution >= 4 is 0 Å². The zero-order valence-electron chi connectivity index (χ0n) is 12.5. The van der Waals surface area contributed by atoms with Gasteiger partial charge in [0.2, 0.25) is 0 Å². The van der Waals surface area contributed by atoms with Gasteiger partial charge >= 0.3 is 0 Å².